The molecule has 3 rings (SSSR count). The van der Waals surface area contributed by atoms with Gasteiger partial charge in [-0.15, -0.1) is 11.6 Å². The number of nitrogens with zero attached hydrogens (tertiary/aromatic N) is 1. The van der Waals surface area contributed by atoms with Gasteiger partial charge in [-0.3, -0.25) is 4.79 Å². The Hall–Kier alpha value is -1.22. The molecule has 2 aliphatic rings. The van der Waals surface area contributed by atoms with Crippen LogP contribution in [0.4, 0.5) is 0 Å². The molecule has 0 N–H and O–H groups in total. The van der Waals surface area contributed by atoms with E-state index in [0.29, 0.717) is 41.1 Å². The van der Waals surface area contributed by atoms with Gasteiger partial charge in [0.25, 0.3) is 5.91 Å². The second kappa shape index (κ2) is 8.65. The van der Waals surface area contributed by atoms with Gasteiger partial charge in [0.1, 0.15) is 5.75 Å². The molecule has 0 aromatic heterocycles. The Kier molecular flexibility index (Phi) is 6.50. The molecule has 0 saturated heterocycles. The van der Waals surface area contributed by atoms with Crippen LogP contribution in [0.25, 0.3) is 0 Å². The number of benzene rings is 1. The van der Waals surface area contributed by atoms with E-state index in [2.05, 4.69) is 18.7 Å². The van der Waals surface area contributed by atoms with Crippen molar-refractivity contribution >= 4 is 17.5 Å². The molecule has 1 aromatic rings. The first kappa shape index (κ1) is 19.5. The van der Waals surface area contributed by atoms with E-state index in [9.17, 15) is 4.79 Å². The van der Waals surface area contributed by atoms with Crippen molar-refractivity contribution in [2.75, 3.05) is 7.11 Å². The van der Waals surface area contributed by atoms with E-state index >= 15 is 0 Å². The molecule has 0 bridgehead atoms. The molecule has 1 amide bonds. The second-order valence-electron chi connectivity index (χ2n) is 8.39. The Morgan fingerprint density at radius 1 is 1.12 bits per heavy atom. The van der Waals surface area contributed by atoms with Crippen LogP contribution in [-0.2, 0) is 5.88 Å². The van der Waals surface area contributed by atoms with Crippen molar-refractivity contribution in [1.82, 2.24) is 4.90 Å². The monoisotopic (exact) mass is 377 g/mol. The standard InChI is InChI=1S/C22H32ClNO2/c1-15-10-16(2)12-19(11-15)24(18-6-4-5-7-18)22(25)20-9-8-17(14-23)13-21(20)26-3/h8-9,13,15-16,18-19H,4-7,10-12,14H2,1-3H3. The van der Waals surface area contributed by atoms with E-state index < -0.39 is 0 Å². The van der Waals surface area contributed by atoms with Crippen molar-refractivity contribution in [3.8, 4) is 5.75 Å². The van der Waals surface area contributed by atoms with Gasteiger partial charge in [0.05, 0.1) is 12.7 Å². The van der Waals surface area contributed by atoms with Gasteiger partial charge in [-0.05, 0) is 61.6 Å². The molecule has 2 fully saturated rings. The van der Waals surface area contributed by atoms with Crippen LogP contribution in [0.15, 0.2) is 18.2 Å². The number of halogens is 1. The number of carbonyl (C=O) groups excluding carboxylic acids is 1. The van der Waals surface area contributed by atoms with Crippen LogP contribution in [0.1, 0.15) is 74.7 Å². The first-order chi connectivity index (χ1) is 12.5. The molecular formula is C22H32ClNO2. The van der Waals surface area contributed by atoms with Gasteiger partial charge in [-0.25, -0.2) is 0 Å². The van der Waals surface area contributed by atoms with Crippen LogP contribution < -0.4 is 4.74 Å². The number of rotatable bonds is 5. The molecule has 0 spiro atoms. The minimum absolute atomic E-state index is 0.140. The molecular weight excluding hydrogens is 346 g/mol. The third kappa shape index (κ3) is 4.19. The third-order valence-corrected chi connectivity index (χ3v) is 6.46. The number of ether oxygens (including phenoxy) is 1. The summed E-state index contributed by atoms with van der Waals surface area (Å²) < 4.78 is 5.55. The maximum absolute atomic E-state index is 13.6. The quantitative estimate of drug-likeness (QED) is 0.621. The molecule has 2 atom stereocenters. The summed E-state index contributed by atoms with van der Waals surface area (Å²) in [4.78, 5) is 15.9. The maximum atomic E-state index is 13.6. The molecule has 26 heavy (non-hydrogen) atoms. The fraction of sp³-hybridized carbons (Fsp3) is 0.682. The Morgan fingerprint density at radius 2 is 1.77 bits per heavy atom. The highest BCUT2D eigenvalue weighted by molar-refractivity contribution is 6.17. The van der Waals surface area contributed by atoms with Gasteiger partial charge in [0.2, 0.25) is 0 Å². The first-order valence-electron chi connectivity index (χ1n) is 10.1. The van der Waals surface area contributed by atoms with E-state index in [1.54, 1.807) is 7.11 Å². The minimum Gasteiger partial charge on any atom is -0.496 e. The zero-order valence-corrected chi connectivity index (χ0v) is 17.1. The smallest absolute Gasteiger partial charge is 0.258 e. The predicted molar refractivity (Wildman–Crippen MR) is 107 cm³/mol. The lowest BCUT2D eigenvalue weighted by atomic mass is 9.79. The molecule has 1 aromatic carbocycles. The lowest BCUT2D eigenvalue weighted by Gasteiger charge is -2.42. The Bertz CT molecular complexity index is 617. The number of alkyl halides is 1. The van der Waals surface area contributed by atoms with Crippen LogP contribution in [0.3, 0.4) is 0 Å². The summed E-state index contributed by atoms with van der Waals surface area (Å²) in [6, 6.07) is 6.47. The van der Waals surface area contributed by atoms with E-state index in [4.69, 9.17) is 16.3 Å². The molecule has 2 aliphatic carbocycles. The summed E-state index contributed by atoms with van der Waals surface area (Å²) in [6.07, 6.45) is 8.24. The molecule has 2 saturated carbocycles. The van der Waals surface area contributed by atoms with Crippen molar-refractivity contribution in [2.24, 2.45) is 11.8 Å². The Labute approximate surface area is 163 Å². The lowest BCUT2D eigenvalue weighted by molar-refractivity contribution is 0.0426. The summed E-state index contributed by atoms with van der Waals surface area (Å²) in [7, 11) is 1.63. The number of hydrogen-bond donors (Lipinski definition) is 0. The largest absolute Gasteiger partial charge is 0.496 e. The fourth-order valence-electron chi connectivity index (χ4n) is 5.08. The van der Waals surface area contributed by atoms with Gasteiger partial charge in [-0.1, -0.05) is 32.8 Å². The summed E-state index contributed by atoms with van der Waals surface area (Å²) in [5.74, 6) is 2.57. The highest BCUT2D eigenvalue weighted by Crippen LogP contribution is 2.37. The fourth-order valence-corrected chi connectivity index (χ4v) is 5.24. The number of hydrogen-bond acceptors (Lipinski definition) is 2. The van der Waals surface area contributed by atoms with Gasteiger partial charge in [0.15, 0.2) is 0 Å². The highest BCUT2D eigenvalue weighted by atomic mass is 35.5. The molecule has 3 nitrogen and oxygen atoms in total. The van der Waals surface area contributed by atoms with Crippen LogP contribution in [0, 0.1) is 11.8 Å². The van der Waals surface area contributed by atoms with Crippen molar-refractivity contribution in [3.63, 3.8) is 0 Å². The van der Waals surface area contributed by atoms with Crippen LogP contribution in [0.2, 0.25) is 0 Å². The minimum atomic E-state index is 0.140. The van der Waals surface area contributed by atoms with Gasteiger partial charge >= 0.3 is 0 Å². The van der Waals surface area contributed by atoms with E-state index in [0.717, 1.165) is 31.2 Å². The number of amides is 1. The first-order valence-corrected chi connectivity index (χ1v) is 10.6. The van der Waals surface area contributed by atoms with Crippen LogP contribution >= 0.6 is 11.6 Å². The second-order valence-corrected chi connectivity index (χ2v) is 8.66. The summed E-state index contributed by atoms with van der Waals surface area (Å²) in [6.45, 7) is 4.66. The predicted octanol–water partition coefficient (Wildman–Crippen LogP) is 5.64. The average molecular weight is 378 g/mol. The zero-order chi connectivity index (χ0) is 18.7. The molecule has 0 heterocycles. The van der Waals surface area contributed by atoms with Crippen molar-refractivity contribution in [1.29, 1.82) is 0 Å². The van der Waals surface area contributed by atoms with Crippen LogP contribution in [0.5, 0.6) is 5.75 Å². The Balaban J connectivity index is 1.92. The number of methoxy groups -OCH3 is 1. The summed E-state index contributed by atoms with van der Waals surface area (Å²) >= 11 is 5.96. The van der Waals surface area contributed by atoms with E-state index in [1.807, 2.05) is 18.2 Å². The maximum Gasteiger partial charge on any atom is 0.258 e. The molecule has 2 unspecified atom stereocenters. The van der Waals surface area contributed by atoms with Gasteiger partial charge in [0, 0.05) is 18.0 Å². The van der Waals surface area contributed by atoms with Crippen molar-refractivity contribution in [2.45, 2.75) is 76.8 Å². The number of carbonyl (C=O) groups is 1. The zero-order valence-electron chi connectivity index (χ0n) is 16.3. The molecule has 4 heteroatoms. The molecule has 144 valence electrons. The summed E-state index contributed by atoms with van der Waals surface area (Å²) in [5.41, 5.74) is 1.66. The lowest BCUT2D eigenvalue weighted by Crippen LogP contribution is -2.49. The summed E-state index contributed by atoms with van der Waals surface area (Å²) in [5, 5.41) is 0. The topological polar surface area (TPSA) is 29.5 Å². The average Bonchev–Trinajstić information content (AvgIpc) is 3.14. The van der Waals surface area contributed by atoms with Crippen molar-refractivity contribution in [3.05, 3.63) is 29.3 Å². The van der Waals surface area contributed by atoms with Crippen LogP contribution in [-0.4, -0.2) is 30.0 Å². The SMILES string of the molecule is COc1cc(CCl)ccc1C(=O)N(C1CCCC1)C1CC(C)CC(C)C1. The van der Waals surface area contributed by atoms with Gasteiger partial charge < -0.3 is 9.64 Å². The van der Waals surface area contributed by atoms with E-state index in [1.165, 1.54) is 19.3 Å². The third-order valence-electron chi connectivity index (χ3n) is 6.15. The van der Waals surface area contributed by atoms with Gasteiger partial charge in [-0.2, -0.15) is 0 Å². The van der Waals surface area contributed by atoms with E-state index in [-0.39, 0.29) is 5.91 Å². The van der Waals surface area contributed by atoms with Crippen molar-refractivity contribution < 1.29 is 9.53 Å². The molecule has 0 radical (unpaired) electrons. The highest BCUT2D eigenvalue weighted by Gasteiger charge is 2.37. The molecule has 0 aliphatic heterocycles. The Morgan fingerprint density at radius 3 is 2.35 bits per heavy atom. The normalized spacial score (nSPS) is 26.7.